The average molecular weight is 722 g/mol. The van der Waals surface area contributed by atoms with Crippen molar-refractivity contribution >= 4 is 62.3 Å². The molecule has 0 radical (unpaired) electrons. The molecule has 7 aromatic rings. The van der Waals surface area contributed by atoms with Crippen LogP contribution >= 0.6 is 15.9 Å². The minimum atomic E-state index is 0.905. The number of benzene rings is 4. The predicted octanol–water partition coefficient (Wildman–Crippen LogP) is 12.3. The van der Waals surface area contributed by atoms with E-state index in [1.165, 1.54) is 5.56 Å². The van der Waals surface area contributed by atoms with Crippen LogP contribution < -0.4 is 0 Å². The zero-order valence-electron chi connectivity index (χ0n) is 27.8. The van der Waals surface area contributed by atoms with Gasteiger partial charge in [0.2, 0.25) is 0 Å². The van der Waals surface area contributed by atoms with Crippen molar-refractivity contribution in [3.63, 3.8) is 0 Å². The first-order chi connectivity index (χ1) is 25.2. The van der Waals surface area contributed by atoms with Gasteiger partial charge in [-0.3, -0.25) is 0 Å². The smallest absolute Gasteiger partial charge is 0.0737 e. The summed E-state index contributed by atoms with van der Waals surface area (Å²) in [5.41, 5.74) is 17.5. The molecule has 2 N–H and O–H groups in total. The molecule has 0 amide bonds. The average Bonchev–Trinajstić information content (AvgIpc) is 4.02. The Morgan fingerprint density at radius 2 is 0.686 bits per heavy atom. The van der Waals surface area contributed by atoms with Gasteiger partial charge in [-0.1, -0.05) is 131 Å². The van der Waals surface area contributed by atoms with Crippen LogP contribution in [0.2, 0.25) is 0 Å². The number of nitrogens with zero attached hydrogens (tertiary/aromatic N) is 2. The third-order valence-corrected chi connectivity index (χ3v) is 9.96. The quantitative estimate of drug-likeness (QED) is 0.168. The molecule has 5 heterocycles. The first kappa shape index (κ1) is 31.0. The number of aryl methyl sites for hydroxylation is 1. The first-order valence-electron chi connectivity index (χ1n) is 17.2. The van der Waals surface area contributed by atoms with E-state index in [0.717, 1.165) is 101 Å². The Kier molecular flexibility index (Phi) is 8.11. The molecular weight excluding hydrogens is 688 g/mol. The summed E-state index contributed by atoms with van der Waals surface area (Å²) in [5.74, 6) is 0. The SMILES string of the molecule is BrCCc1ccc(-c2c3nc(c(-c4ccccc4)c4ccc([nH]4)c(-c4ccccc4)c4nc(c(-c5ccccc5)c5ccc2[nH]5)C=C4)C=C3)cc1. The Morgan fingerprint density at radius 1 is 0.373 bits per heavy atom. The fourth-order valence-corrected chi connectivity index (χ4v) is 7.64. The molecule has 8 bridgehead atoms. The van der Waals surface area contributed by atoms with E-state index in [9.17, 15) is 0 Å². The highest BCUT2D eigenvalue weighted by Gasteiger charge is 2.18. The number of H-pyrrole nitrogens is 2. The Morgan fingerprint density at radius 3 is 1.00 bits per heavy atom. The predicted molar refractivity (Wildman–Crippen MR) is 218 cm³/mol. The lowest BCUT2D eigenvalue weighted by molar-refractivity contribution is 1.17. The molecule has 0 saturated heterocycles. The Labute approximate surface area is 305 Å². The Balaban J connectivity index is 1.45. The lowest BCUT2D eigenvalue weighted by atomic mass is 10.0. The van der Waals surface area contributed by atoms with E-state index in [1.54, 1.807) is 0 Å². The van der Waals surface area contributed by atoms with Gasteiger partial charge in [0.15, 0.2) is 0 Å². The fraction of sp³-hybridized carbons (Fsp3) is 0.0435. The maximum absolute atomic E-state index is 5.40. The highest BCUT2D eigenvalue weighted by atomic mass is 79.9. The summed E-state index contributed by atoms with van der Waals surface area (Å²) in [4.78, 5) is 18.4. The van der Waals surface area contributed by atoms with E-state index in [-0.39, 0.29) is 0 Å². The van der Waals surface area contributed by atoms with E-state index >= 15 is 0 Å². The second-order valence-corrected chi connectivity index (χ2v) is 13.5. The molecule has 0 saturated carbocycles. The molecule has 0 unspecified atom stereocenters. The molecule has 244 valence electrons. The van der Waals surface area contributed by atoms with Crippen molar-refractivity contribution in [3.05, 3.63) is 168 Å². The lowest BCUT2D eigenvalue weighted by Gasteiger charge is -2.07. The number of hydrogen-bond acceptors (Lipinski definition) is 2. The summed E-state index contributed by atoms with van der Waals surface area (Å²) in [6.07, 6.45) is 9.55. The van der Waals surface area contributed by atoms with Crippen molar-refractivity contribution in [1.82, 2.24) is 19.9 Å². The standard InChI is InChI=1S/C46H33BrN4/c47-29-28-30-16-18-34(19-17-30)46-41-26-24-39(50-41)44(32-12-6-2-7-13-32)37-22-20-35(48-37)43(31-10-4-1-5-11-31)36-21-23-38(49-36)45(33-14-8-3-9-15-33)40-25-27-42(46)51-40/h1-27,48,51H,28-29H2. The van der Waals surface area contributed by atoms with Crippen LogP contribution in [0.3, 0.4) is 0 Å². The maximum atomic E-state index is 5.40. The number of rotatable bonds is 6. The summed E-state index contributed by atoms with van der Waals surface area (Å²) < 4.78 is 0. The zero-order valence-corrected chi connectivity index (χ0v) is 29.4. The van der Waals surface area contributed by atoms with Gasteiger partial charge >= 0.3 is 0 Å². The third-order valence-electron chi connectivity index (χ3n) is 9.57. The number of fused-ring (bicyclic) bond motifs is 8. The van der Waals surface area contributed by atoms with Gasteiger partial charge in [-0.05, 0) is 82.8 Å². The summed E-state index contributed by atoms with van der Waals surface area (Å²) in [6, 6.07) is 49.1. The molecule has 0 fully saturated rings. The van der Waals surface area contributed by atoms with E-state index in [1.807, 2.05) is 0 Å². The molecule has 4 aromatic carbocycles. The van der Waals surface area contributed by atoms with Crippen molar-refractivity contribution in [1.29, 1.82) is 0 Å². The van der Waals surface area contributed by atoms with E-state index in [0.29, 0.717) is 0 Å². The largest absolute Gasteiger partial charge is 0.354 e. The summed E-state index contributed by atoms with van der Waals surface area (Å²) in [5, 5.41) is 0.926. The molecular formula is C46H33BrN4. The zero-order chi connectivity index (χ0) is 34.1. The molecule has 0 spiro atoms. The molecule has 3 aromatic heterocycles. The second-order valence-electron chi connectivity index (χ2n) is 12.7. The van der Waals surface area contributed by atoms with E-state index in [4.69, 9.17) is 9.97 Å². The number of halogens is 1. The van der Waals surface area contributed by atoms with Crippen LogP contribution in [0.25, 0.3) is 90.9 Å². The number of alkyl halides is 1. The second kappa shape index (κ2) is 13.3. The summed E-state index contributed by atoms with van der Waals surface area (Å²) >= 11 is 3.60. The number of aromatic nitrogens is 4. The van der Waals surface area contributed by atoms with Gasteiger partial charge in [-0.25, -0.2) is 9.97 Å². The van der Waals surface area contributed by atoms with Gasteiger partial charge in [0.25, 0.3) is 0 Å². The topological polar surface area (TPSA) is 57.4 Å². The van der Waals surface area contributed by atoms with Gasteiger partial charge in [-0.15, -0.1) is 0 Å². The molecule has 5 heteroatoms. The molecule has 51 heavy (non-hydrogen) atoms. The van der Waals surface area contributed by atoms with Crippen LogP contribution in [-0.4, -0.2) is 25.3 Å². The number of hydrogen-bond donors (Lipinski definition) is 2. The molecule has 0 aliphatic carbocycles. The first-order valence-corrected chi connectivity index (χ1v) is 18.3. The minimum absolute atomic E-state index is 0.905. The van der Waals surface area contributed by atoms with Gasteiger partial charge in [0, 0.05) is 49.7 Å². The summed E-state index contributed by atoms with van der Waals surface area (Å²) in [7, 11) is 0. The van der Waals surface area contributed by atoms with Crippen molar-refractivity contribution in [2.45, 2.75) is 6.42 Å². The summed E-state index contributed by atoms with van der Waals surface area (Å²) in [6.45, 7) is 0. The molecule has 9 rings (SSSR count). The van der Waals surface area contributed by atoms with Crippen molar-refractivity contribution in [2.24, 2.45) is 0 Å². The number of nitrogens with one attached hydrogen (secondary N) is 2. The highest BCUT2D eigenvalue weighted by molar-refractivity contribution is 9.09. The lowest BCUT2D eigenvalue weighted by Crippen LogP contribution is -1.90. The van der Waals surface area contributed by atoms with Gasteiger partial charge in [0.1, 0.15) is 0 Å². The van der Waals surface area contributed by atoms with Crippen LogP contribution in [0.15, 0.2) is 140 Å². The fourth-order valence-electron chi connectivity index (χ4n) is 7.18. The maximum Gasteiger partial charge on any atom is 0.0737 e. The minimum Gasteiger partial charge on any atom is -0.354 e. The molecule has 2 aliphatic heterocycles. The van der Waals surface area contributed by atoms with Crippen LogP contribution in [0.1, 0.15) is 28.3 Å². The van der Waals surface area contributed by atoms with Crippen molar-refractivity contribution < 1.29 is 0 Å². The van der Waals surface area contributed by atoms with E-state index in [2.05, 4.69) is 190 Å². The van der Waals surface area contributed by atoms with Gasteiger partial charge in [-0.2, -0.15) is 0 Å². The molecule has 4 nitrogen and oxygen atoms in total. The van der Waals surface area contributed by atoms with E-state index < -0.39 is 0 Å². The highest BCUT2D eigenvalue weighted by Crippen LogP contribution is 2.38. The van der Waals surface area contributed by atoms with Gasteiger partial charge < -0.3 is 9.97 Å². The van der Waals surface area contributed by atoms with Crippen molar-refractivity contribution in [2.75, 3.05) is 5.33 Å². The monoisotopic (exact) mass is 720 g/mol. The van der Waals surface area contributed by atoms with Crippen LogP contribution in [0.5, 0.6) is 0 Å². The number of aromatic amines is 2. The Hall–Kier alpha value is -6.04. The molecule has 0 atom stereocenters. The van der Waals surface area contributed by atoms with Gasteiger partial charge in [0.05, 0.1) is 22.8 Å². The van der Waals surface area contributed by atoms with Crippen LogP contribution in [0.4, 0.5) is 0 Å². The van der Waals surface area contributed by atoms with Crippen molar-refractivity contribution in [3.8, 4) is 44.5 Å². The normalized spacial score (nSPS) is 12.0. The van der Waals surface area contributed by atoms with Crippen LogP contribution in [0, 0.1) is 0 Å². The Bertz CT molecular complexity index is 2580. The van der Waals surface area contributed by atoms with Crippen LogP contribution in [-0.2, 0) is 6.42 Å². The molecule has 2 aliphatic rings. The third kappa shape index (κ3) is 5.86.